The van der Waals surface area contributed by atoms with Gasteiger partial charge in [0, 0.05) is 12.6 Å². The van der Waals surface area contributed by atoms with Gasteiger partial charge in [0.15, 0.2) is 5.82 Å². The number of hydrazine groups is 1. The molecule has 0 bridgehead atoms. The molecule has 2 aromatic heterocycles. The van der Waals surface area contributed by atoms with Gasteiger partial charge in [0.2, 0.25) is 0 Å². The van der Waals surface area contributed by atoms with Gasteiger partial charge in [0.1, 0.15) is 10.7 Å². The third-order valence-electron chi connectivity index (χ3n) is 3.83. The molecule has 20 heavy (non-hydrogen) atoms. The fraction of sp³-hybridized carbons (Fsp3) is 0.538. The van der Waals surface area contributed by atoms with E-state index in [9.17, 15) is 5.11 Å². The highest BCUT2D eigenvalue weighted by Crippen LogP contribution is 2.28. The average molecular weight is 293 g/mol. The minimum absolute atomic E-state index is 0.166. The van der Waals surface area contributed by atoms with Crippen molar-refractivity contribution < 1.29 is 5.11 Å². The number of aliphatic hydroxyl groups is 1. The van der Waals surface area contributed by atoms with Gasteiger partial charge in [-0.05, 0) is 24.3 Å². The van der Waals surface area contributed by atoms with Crippen LogP contribution in [0.25, 0.3) is 10.2 Å². The molecule has 0 saturated heterocycles. The number of aromatic nitrogens is 2. The van der Waals surface area contributed by atoms with E-state index in [4.69, 9.17) is 5.84 Å². The van der Waals surface area contributed by atoms with Crippen LogP contribution in [0.5, 0.6) is 0 Å². The molecule has 0 unspecified atom stereocenters. The van der Waals surface area contributed by atoms with Gasteiger partial charge in [-0.2, -0.15) is 0 Å². The number of thiophene rings is 1. The normalized spacial score (nSPS) is 15.8. The zero-order valence-electron chi connectivity index (χ0n) is 11.2. The minimum atomic E-state index is 0.166. The van der Waals surface area contributed by atoms with Crippen molar-refractivity contribution in [1.29, 1.82) is 0 Å². The summed E-state index contributed by atoms with van der Waals surface area (Å²) in [5, 5.41) is 12.2. The summed E-state index contributed by atoms with van der Waals surface area (Å²) < 4.78 is 0. The van der Waals surface area contributed by atoms with Gasteiger partial charge in [-0.25, -0.2) is 15.8 Å². The van der Waals surface area contributed by atoms with Gasteiger partial charge in [0.25, 0.3) is 0 Å². The Bertz CT molecular complexity index is 583. The second-order valence-electron chi connectivity index (χ2n) is 5.05. The number of nitrogens with zero attached hydrogens (tertiary/aromatic N) is 3. The zero-order chi connectivity index (χ0) is 13.9. The maximum Gasteiger partial charge on any atom is 0.152 e. The van der Waals surface area contributed by atoms with E-state index in [1.54, 1.807) is 11.3 Å². The molecule has 108 valence electrons. The van der Waals surface area contributed by atoms with Gasteiger partial charge < -0.3 is 10.5 Å². The average Bonchev–Trinajstić information content (AvgIpc) is 2.84. The molecule has 3 rings (SSSR count). The van der Waals surface area contributed by atoms with E-state index >= 15 is 0 Å². The van der Waals surface area contributed by atoms with Gasteiger partial charge in [-0.1, -0.05) is 6.42 Å². The third-order valence-corrected chi connectivity index (χ3v) is 4.64. The van der Waals surface area contributed by atoms with E-state index in [-0.39, 0.29) is 6.61 Å². The summed E-state index contributed by atoms with van der Waals surface area (Å²) in [6.07, 6.45) is 3.67. The molecule has 2 heterocycles. The first-order valence-electron chi connectivity index (χ1n) is 6.87. The summed E-state index contributed by atoms with van der Waals surface area (Å²) in [6, 6.07) is 2.52. The Balaban J connectivity index is 1.84. The van der Waals surface area contributed by atoms with Crippen molar-refractivity contribution in [3.05, 3.63) is 17.3 Å². The van der Waals surface area contributed by atoms with Gasteiger partial charge in [0.05, 0.1) is 18.5 Å². The summed E-state index contributed by atoms with van der Waals surface area (Å²) in [5.41, 5.74) is 2.65. The quantitative estimate of drug-likeness (QED) is 0.550. The Morgan fingerprint density at radius 3 is 2.95 bits per heavy atom. The first-order chi connectivity index (χ1) is 9.81. The molecule has 0 aromatic carbocycles. The van der Waals surface area contributed by atoms with Crippen molar-refractivity contribution in [3.8, 4) is 0 Å². The largest absolute Gasteiger partial charge is 0.395 e. The molecule has 0 spiro atoms. The van der Waals surface area contributed by atoms with Crippen LogP contribution in [0.4, 0.5) is 5.82 Å². The number of rotatable bonds is 6. The van der Waals surface area contributed by atoms with Crippen LogP contribution < -0.4 is 11.3 Å². The summed E-state index contributed by atoms with van der Waals surface area (Å²) >= 11 is 1.59. The van der Waals surface area contributed by atoms with Crippen LogP contribution in [0.15, 0.2) is 11.4 Å². The van der Waals surface area contributed by atoms with Crippen LogP contribution in [0.3, 0.4) is 0 Å². The smallest absolute Gasteiger partial charge is 0.152 e. The Morgan fingerprint density at radius 2 is 2.30 bits per heavy atom. The van der Waals surface area contributed by atoms with Crippen molar-refractivity contribution in [2.45, 2.75) is 31.8 Å². The highest BCUT2D eigenvalue weighted by Gasteiger charge is 2.25. The maximum atomic E-state index is 9.21. The Labute approximate surface area is 121 Å². The monoisotopic (exact) mass is 293 g/mol. The molecule has 0 atom stereocenters. The first kappa shape index (κ1) is 13.7. The number of anilines is 1. The lowest BCUT2D eigenvalue weighted by Gasteiger charge is -2.36. The number of hydrogen-bond acceptors (Lipinski definition) is 7. The number of nitrogens with two attached hydrogens (primary N) is 1. The summed E-state index contributed by atoms with van der Waals surface area (Å²) in [5.74, 6) is 6.97. The number of nitrogens with one attached hydrogen (secondary N) is 1. The van der Waals surface area contributed by atoms with Crippen LogP contribution in [0.2, 0.25) is 0 Å². The number of hydrogen-bond donors (Lipinski definition) is 3. The predicted molar refractivity (Wildman–Crippen MR) is 80.4 cm³/mol. The van der Waals surface area contributed by atoms with Crippen molar-refractivity contribution in [2.75, 3.05) is 18.6 Å². The predicted octanol–water partition coefficient (Wildman–Crippen LogP) is 1.32. The summed E-state index contributed by atoms with van der Waals surface area (Å²) in [4.78, 5) is 12.3. The Hall–Kier alpha value is -1.28. The van der Waals surface area contributed by atoms with Gasteiger partial charge >= 0.3 is 0 Å². The van der Waals surface area contributed by atoms with E-state index in [2.05, 4.69) is 20.3 Å². The Morgan fingerprint density at radius 1 is 1.45 bits per heavy atom. The molecule has 4 N–H and O–H groups in total. The molecule has 6 nitrogen and oxygen atoms in total. The molecule has 2 aromatic rings. The minimum Gasteiger partial charge on any atom is -0.395 e. The molecular weight excluding hydrogens is 274 g/mol. The van der Waals surface area contributed by atoms with Crippen LogP contribution in [0.1, 0.15) is 25.1 Å². The highest BCUT2D eigenvalue weighted by molar-refractivity contribution is 7.16. The molecule has 1 aliphatic carbocycles. The van der Waals surface area contributed by atoms with Crippen LogP contribution in [0, 0.1) is 0 Å². The molecule has 1 saturated carbocycles. The molecule has 1 aliphatic rings. The van der Waals surface area contributed by atoms with E-state index in [0.717, 1.165) is 16.0 Å². The van der Waals surface area contributed by atoms with Crippen molar-refractivity contribution in [2.24, 2.45) is 5.84 Å². The highest BCUT2D eigenvalue weighted by atomic mass is 32.1. The van der Waals surface area contributed by atoms with E-state index < -0.39 is 0 Å². The van der Waals surface area contributed by atoms with Crippen LogP contribution in [-0.4, -0.2) is 39.2 Å². The van der Waals surface area contributed by atoms with Crippen molar-refractivity contribution in [3.63, 3.8) is 0 Å². The number of aliphatic hydroxyl groups excluding tert-OH is 1. The van der Waals surface area contributed by atoms with Crippen molar-refractivity contribution >= 4 is 27.4 Å². The second-order valence-corrected chi connectivity index (χ2v) is 5.95. The second kappa shape index (κ2) is 6.01. The fourth-order valence-electron chi connectivity index (χ4n) is 2.53. The standard InChI is InChI=1S/C13H19N5OS/c14-17-12-10-4-7-20-13(10)16-11(15-12)8-18(5-6-19)9-2-1-3-9/h4,7,9,19H,1-3,5-6,8,14H2,(H,15,16,17). The summed E-state index contributed by atoms with van der Waals surface area (Å²) in [6.45, 7) is 1.50. The first-order valence-corrected chi connectivity index (χ1v) is 7.75. The lowest BCUT2D eigenvalue weighted by Crippen LogP contribution is -2.41. The molecule has 7 heteroatoms. The summed E-state index contributed by atoms with van der Waals surface area (Å²) in [7, 11) is 0. The number of nitrogen functional groups attached to an aromatic ring is 1. The molecular formula is C13H19N5OS. The zero-order valence-corrected chi connectivity index (χ0v) is 12.1. The van der Waals surface area contributed by atoms with E-state index in [0.29, 0.717) is 24.9 Å². The third kappa shape index (κ3) is 2.62. The SMILES string of the molecule is NNc1nc(CN(CCO)C2CCC2)nc2sccc12. The van der Waals surface area contributed by atoms with Crippen LogP contribution in [-0.2, 0) is 6.54 Å². The maximum absolute atomic E-state index is 9.21. The fourth-order valence-corrected chi connectivity index (χ4v) is 3.32. The van der Waals surface area contributed by atoms with Crippen LogP contribution >= 0.6 is 11.3 Å². The molecule has 1 fully saturated rings. The van der Waals surface area contributed by atoms with Gasteiger partial charge in [-0.3, -0.25) is 4.90 Å². The number of fused-ring (bicyclic) bond motifs is 1. The lowest BCUT2D eigenvalue weighted by atomic mass is 9.91. The Kier molecular flexibility index (Phi) is 4.11. The van der Waals surface area contributed by atoms with E-state index in [1.807, 2.05) is 11.4 Å². The molecule has 0 aliphatic heterocycles. The topological polar surface area (TPSA) is 87.3 Å². The molecule has 0 amide bonds. The molecule has 0 radical (unpaired) electrons. The van der Waals surface area contributed by atoms with E-state index in [1.165, 1.54) is 19.3 Å². The lowest BCUT2D eigenvalue weighted by molar-refractivity contribution is 0.0922. The van der Waals surface area contributed by atoms with Crippen molar-refractivity contribution in [1.82, 2.24) is 14.9 Å². The van der Waals surface area contributed by atoms with Gasteiger partial charge in [-0.15, -0.1) is 11.3 Å².